The van der Waals surface area contributed by atoms with E-state index in [1.807, 2.05) is 48.5 Å². The first-order valence-electron chi connectivity index (χ1n) is 9.08. The fraction of sp³-hybridized carbons (Fsp3) is 0.0952. The predicted octanol–water partition coefficient (Wildman–Crippen LogP) is 2.62. The summed E-state index contributed by atoms with van der Waals surface area (Å²) in [5.41, 5.74) is 7.35. The predicted molar refractivity (Wildman–Crippen MR) is 111 cm³/mol. The zero-order valence-corrected chi connectivity index (χ0v) is 16.1. The number of ether oxygens (including phenoxy) is 2. The van der Waals surface area contributed by atoms with Gasteiger partial charge in [-0.15, -0.1) is 10.2 Å². The number of hydrazine groups is 1. The van der Waals surface area contributed by atoms with Crippen LogP contribution in [0.3, 0.4) is 0 Å². The van der Waals surface area contributed by atoms with E-state index in [0.717, 1.165) is 22.2 Å². The lowest BCUT2D eigenvalue weighted by Gasteiger charge is -2.10. The van der Waals surface area contributed by atoms with E-state index in [1.165, 1.54) is 0 Å². The van der Waals surface area contributed by atoms with E-state index in [-0.39, 0.29) is 12.6 Å². The third-order valence-corrected chi connectivity index (χ3v) is 4.23. The third kappa shape index (κ3) is 4.41. The molecule has 2 heterocycles. The Kier molecular flexibility index (Phi) is 5.61. The molecular weight excluding hydrogens is 384 g/mol. The minimum Gasteiger partial charge on any atom is -0.497 e. The van der Waals surface area contributed by atoms with E-state index in [1.54, 1.807) is 25.6 Å². The number of pyridine rings is 1. The molecule has 0 fully saturated rings. The highest BCUT2D eigenvalue weighted by Crippen LogP contribution is 2.23. The first-order chi connectivity index (χ1) is 14.7. The summed E-state index contributed by atoms with van der Waals surface area (Å²) in [5.74, 6) is 1.11. The van der Waals surface area contributed by atoms with Crippen LogP contribution in [0, 0.1) is 0 Å². The molecule has 0 saturated heterocycles. The molecule has 0 saturated carbocycles. The van der Waals surface area contributed by atoms with Crippen molar-refractivity contribution in [2.75, 3.05) is 19.1 Å². The van der Waals surface area contributed by atoms with Crippen molar-refractivity contribution in [3.05, 3.63) is 67.0 Å². The second-order valence-electron chi connectivity index (χ2n) is 6.18. The molecule has 150 valence electrons. The van der Waals surface area contributed by atoms with Crippen LogP contribution in [0.5, 0.6) is 11.5 Å². The van der Waals surface area contributed by atoms with Gasteiger partial charge in [-0.1, -0.05) is 12.1 Å². The topological polar surface area (TPSA) is 111 Å². The molecule has 9 nitrogen and oxygen atoms in total. The van der Waals surface area contributed by atoms with Gasteiger partial charge in [-0.25, -0.2) is 4.98 Å². The van der Waals surface area contributed by atoms with Crippen LogP contribution in [0.2, 0.25) is 0 Å². The maximum absolute atomic E-state index is 12.1. The summed E-state index contributed by atoms with van der Waals surface area (Å²) in [4.78, 5) is 20.5. The lowest BCUT2D eigenvalue weighted by atomic mass is 10.1. The number of benzene rings is 2. The average Bonchev–Trinajstić information content (AvgIpc) is 2.82. The summed E-state index contributed by atoms with van der Waals surface area (Å²) in [5, 5.41) is 8.90. The number of aromatic nitrogens is 4. The molecule has 2 N–H and O–H groups in total. The Hall–Kier alpha value is -4.27. The van der Waals surface area contributed by atoms with Crippen molar-refractivity contribution < 1.29 is 14.3 Å². The van der Waals surface area contributed by atoms with E-state index in [2.05, 4.69) is 31.0 Å². The molecule has 0 spiro atoms. The number of para-hydroxylation sites is 1. The fourth-order valence-corrected chi connectivity index (χ4v) is 2.73. The zero-order chi connectivity index (χ0) is 20.8. The smallest absolute Gasteiger partial charge is 0.276 e. The Labute approximate surface area is 172 Å². The lowest BCUT2D eigenvalue weighted by molar-refractivity contribution is -0.122. The molecule has 0 aliphatic heterocycles. The Balaban J connectivity index is 1.31. The largest absolute Gasteiger partial charge is 0.497 e. The van der Waals surface area contributed by atoms with Gasteiger partial charge in [0.25, 0.3) is 11.9 Å². The van der Waals surface area contributed by atoms with Crippen molar-refractivity contribution in [2.45, 2.75) is 0 Å². The molecule has 2 aromatic heterocycles. The number of hydrogen-bond donors (Lipinski definition) is 2. The molecular formula is C21H18N6O3. The molecule has 2 aromatic carbocycles. The van der Waals surface area contributed by atoms with Crippen molar-refractivity contribution in [1.82, 2.24) is 25.6 Å². The highest BCUT2D eigenvalue weighted by molar-refractivity contribution is 5.85. The van der Waals surface area contributed by atoms with Crippen molar-refractivity contribution in [3.8, 4) is 22.8 Å². The maximum atomic E-state index is 12.1. The number of carbonyl (C=O) groups excluding carboxylic acids is 1. The number of methoxy groups -OCH3 is 1. The molecule has 4 aromatic rings. The van der Waals surface area contributed by atoms with E-state index in [4.69, 9.17) is 9.47 Å². The molecule has 0 unspecified atom stereocenters. The van der Waals surface area contributed by atoms with Gasteiger partial charge in [-0.05, 0) is 42.5 Å². The molecule has 4 rings (SSSR count). The van der Waals surface area contributed by atoms with Crippen LogP contribution < -0.4 is 20.3 Å². The normalized spacial score (nSPS) is 10.4. The monoisotopic (exact) mass is 402 g/mol. The molecule has 30 heavy (non-hydrogen) atoms. The van der Waals surface area contributed by atoms with Crippen LogP contribution in [0.1, 0.15) is 0 Å². The van der Waals surface area contributed by atoms with Crippen LogP contribution in [-0.4, -0.2) is 39.8 Å². The number of amides is 1. The molecule has 1 amide bonds. The summed E-state index contributed by atoms with van der Waals surface area (Å²) in [7, 11) is 1.61. The first kappa shape index (κ1) is 19.1. The highest BCUT2D eigenvalue weighted by Gasteiger charge is 2.08. The van der Waals surface area contributed by atoms with Crippen LogP contribution in [0.15, 0.2) is 67.0 Å². The molecule has 9 heteroatoms. The Morgan fingerprint density at radius 3 is 2.60 bits per heavy atom. The Morgan fingerprint density at radius 1 is 1.00 bits per heavy atom. The zero-order valence-electron chi connectivity index (χ0n) is 16.1. The summed E-state index contributed by atoms with van der Waals surface area (Å²) in [6.07, 6.45) is 3.20. The van der Waals surface area contributed by atoms with Gasteiger partial charge in [-0.2, -0.15) is 0 Å². The van der Waals surface area contributed by atoms with Gasteiger partial charge >= 0.3 is 0 Å². The van der Waals surface area contributed by atoms with Crippen molar-refractivity contribution in [2.24, 2.45) is 0 Å². The van der Waals surface area contributed by atoms with Crippen LogP contribution in [0.25, 0.3) is 22.2 Å². The van der Waals surface area contributed by atoms with Crippen molar-refractivity contribution in [3.63, 3.8) is 0 Å². The van der Waals surface area contributed by atoms with Crippen LogP contribution in [0.4, 0.5) is 5.95 Å². The van der Waals surface area contributed by atoms with Crippen molar-refractivity contribution >= 4 is 22.8 Å². The first-order valence-corrected chi connectivity index (χ1v) is 9.08. The molecule has 0 bridgehead atoms. The SMILES string of the molecule is COc1ccc(-c2cnc(NNC(=O)COc3ccnc4ccccc34)nn2)cc1. The second kappa shape index (κ2) is 8.82. The van der Waals surface area contributed by atoms with E-state index >= 15 is 0 Å². The van der Waals surface area contributed by atoms with Gasteiger partial charge in [0.05, 0.1) is 18.8 Å². The number of anilines is 1. The summed E-state index contributed by atoms with van der Waals surface area (Å²) in [6, 6.07) is 16.6. The van der Waals surface area contributed by atoms with Crippen molar-refractivity contribution in [1.29, 1.82) is 0 Å². The number of rotatable bonds is 7. The van der Waals surface area contributed by atoms with Gasteiger partial charge in [0.2, 0.25) is 0 Å². The number of nitrogens with one attached hydrogen (secondary N) is 2. The summed E-state index contributed by atoms with van der Waals surface area (Å²) >= 11 is 0. The number of carbonyl (C=O) groups is 1. The van der Waals surface area contributed by atoms with Gasteiger partial charge < -0.3 is 9.47 Å². The number of fused-ring (bicyclic) bond motifs is 1. The van der Waals surface area contributed by atoms with E-state index in [0.29, 0.717) is 11.4 Å². The Morgan fingerprint density at radius 2 is 1.83 bits per heavy atom. The second-order valence-corrected chi connectivity index (χ2v) is 6.18. The quantitative estimate of drug-likeness (QED) is 0.454. The van der Waals surface area contributed by atoms with E-state index in [9.17, 15) is 4.79 Å². The van der Waals surface area contributed by atoms with Crippen LogP contribution >= 0.6 is 0 Å². The fourth-order valence-electron chi connectivity index (χ4n) is 2.73. The average molecular weight is 402 g/mol. The molecule has 0 atom stereocenters. The number of nitrogens with zero attached hydrogens (tertiary/aromatic N) is 4. The highest BCUT2D eigenvalue weighted by atomic mass is 16.5. The lowest BCUT2D eigenvalue weighted by Crippen LogP contribution is -2.34. The molecule has 0 aliphatic rings. The van der Waals surface area contributed by atoms with Gasteiger partial charge in [-0.3, -0.25) is 20.6 Å². The van der Waals surface area contributed by atoms with Gasteiger partial charge in [0, 0.05) is 17.1 Å². The molecule has 0 radical (unpaired) electrons. The maximum Gasteiger partial charge on any atom is 0.276 e. The number of hydrogen-bond acceptors (Lipinski definition) is 8. The Bertz CT molecular complexity index is 1140. The minimum absolute atomic E-state index is 0.162. The minimum atomic E-state index is -0.390. The summed E-state index contributed by atoms with van der Waals surface area (Å²) in [6.45, 7) is -0.182. The molecule has 0 aliphatic carbocycles. The van der Waals surface area contributed by atoms with Gasteiger partial charge in [0.1, 0.15) is 17.2 Å². The van der Waals surface area contributed by atoms with Crippen LogP contribution in [-0.2, 0) is 4.79 Å². The van der Waals surface area contributed by atoms with E-state index < -0.39 is 5.91 Å². The van der Waals surface area contributed by atoms with Gasteiger partial charge in [0.15, 0.2) is 6.61 Å². The third-order valence-electron chi connectivity index (χ3n) is 4.23. The standard InChI is InChI=1S/C21H18N6O3/c1-29-15-8-6-14(7-9-15)18-12-23-21(26-24-18)27-25-20(28)13-30-19-10-11-22-17-5-3-2-4-16(17)19/h2-12H,13H2,1H3,(H,25,28)(H,23,26,27). The summed E-state index contributed by atoms with van der Waals surface area (Å²) < 4.78 is 10.7.